The summed E-state index contributed by atoms with van der Waals surface area (Å²) in [6, 6.07) is 5.83. The first-order chi connectivity index (χ1) is 9.36. The fraction of sp³-hybridized carbons (Fsp3) is 0.400. The highest BCUT2D eigenvalue weighted by Gasteiger charge is 2.18. The lowest BCUT2D eigenvalue weighted by Gasteiger charge is -2.20. The number of benzene rings is 1. The van der Waals surface area contributed by atoms with Gasteiger partial charge in [0.15, 0.2) is 0 Å². The van der Waals surface area contributed by atoms with Crippen LogP contribution in [0.2, 0.25) is 0 Å². The molecule has 1 atom stereocenters. The molecule has 2 aromatic rings. The van der Waals surface area contributed by atoms with Gasteiger partial charge in [0.25, 0.3) is 0 Å². The Morgan fingerprint density at radius 2 is 2.42 bits per heavy atom. The van der Waals surface area contributed by atoms with Crippen molar-refractivity contribution in [3.05, 3.63) is 24.0 Å². The summed E-state index contributed by atoms with van der Waals surface area (Å²) < 4.78 is 5.42. The van der Waals surface area contributed by atoms with E-state index in [1.807, 2.05) is 18.2 Å². The van der Waals surface area contributed by atoms with Crippen molar-refractivity contribution in [1.82, 2.24) is 15.3 Å². The number of aromatic nitrogens is 2. The molecule has 1 unspecified atom stereocenters. The highest BCUT2D eigenvalue weighted by Crippen LogP contribution is 2.25. The third kappa shape index (κ3) is 2.56. The number of nitrogens with zero attached hydrogens (tertiary/aromatic N) is 1. The van der Waals surface area contributed by atoms with E-state index in [4.69, 9.17) is 11.2 Å². The average molecular weight is 255 g/mol. The number of hydrogen-bond donors (Lipinski definition) is 2. The van der Waals surface area contributed by atoms with E-state index < -0.39 is 0 Å². The van der Waals surface area contributed by atoms with Crippen molar-refractivity contribution in [2.24, 2.45) is 0 Å². The van der Waals surface area contributed by atoms with E-state index in [-0.39, 0.29) is 0 Å². The smallest absolute Gasteiger partial charge is 0.148 e. The number of ether oxygens (including phenoxy) is 1. The predicted molar refractivity (Wildman–Crippen MR) is 75.3 cm³/mol. The summed E-state index contributed by atoms with van der Waals surface area (Å²) in [5, 5.41) is 3.41. The zero-order valence-electron chi connectivity index (χ0n) is 10.8. The Bertz CT molecular complexity index is 605. The molecule has 1 aliphatic heterocycles. The van der Waals surface area contributed by atoms with Gasteiger partial charge in [-0.15, -0.1) is 6.42 Å². The zero-order chi connectivity index (χ0) is 13.1. The first-order valence-electron chi connectivity index (χ1n) is 6.63. The van der Waals surface area contributed by atoms with Crippen molar-refractivity contribution >= 4 is 11.0 Å². The van der Waals surface area contributed by atoms with Gasteiger partial charge in [-0.25, -0.2) is 4.98 Å². The Labute approximate surface area is 112 Å². The second-order valence-corrected chi connectivity index (χ2v) is 4.84. The summed E-state index contributed by atoms with van der Waals surface area (Å²) in [5.74, 6) is 4.79. The maximum absolute atomic E-state index is 5.42. The van der Waals surface area contributed by atoms with Gasteiger partial charge < -0.3 is 15.0 Å². The van der Waals surface area contributed by atoms with E-state index in [1.165, 1.54) is 12.8 Å². The summed E-state index contributed by atoms with van der Waals surface area (Å²) in [4.78, 5) is 8.07. The molecule has 0 saturated carbocycles. The Morgan fingerprint density at radius 3 is 3.21 bits per heavy atom. The Kier molecular flexibility index (Phi) is 3.39. The minimum atomic E-state index is 0.291. The third-order valence-corrected chi connectivity index (χ3v) is 3.48. The van der Waals surface area contributed by atoms with Crippen LogP contribution in [0.25, 0.3) is 11.0 Å². The molecule has 1 saturated heterocycles. The molecule has 4 heteroatoms. The van der Waals surface area contributed by atoms with E-state index in [9.17, 15) is 0 Å². The van der Waals surface area contributed by atoms with Crippen LogP contribution in [0.5, 0.6) is 5.75 Å². The third-order valence-electron chi connectivity index (χ3n) is 3.48. The van der Waals surface area contributed by atoms with Crippen molar-refractivity contribution in [3.63, 3.8) is 0 Å². The number of aromatic amines is 1. The van der Waals surface area contributed by atoms with E-state index in [0.29, 0.717) is 12.5 Å². The van der Waals surface area contributed by atoms with E-state index in [1.54, 1.807) is 0 Å². The molecule has 0 radical (unpaired) electrons. The molecule has 2 heterocycles. The average Bonchev–Trinajstić information content (AvgIpc) is 2.89. The number of rotatable bonds is 3. The van der Waals surface area contributed by atoms with Crippen LogP contribution >= 0.6 is 0 Å². The molecule has 3 rings (SSSR count). The summed E-state index contributed by atoms with van der Waals surface area (Å²) in [6.45, 7) is 2.40. The van der Waals surface area contributed by atoms with Crippen molar-refractivity contribution in [1.29, 1.82) is 0 Å². The minimum absolute atomic E-state index is 0.291. The van der Waals surface area contributed by atoms with Crippen LogP contribution in [0.3, 0.4) is 0 Å². The number of terminal acetylenes is 1. The predicted octanol–water partition coefficient (Wildman–Crippen LogP) is 2.04. The van der Waals surface area contributed by atoms with Crippen LogP contribution in [0.1, 0.15) is 24.6 Å². The molecule has 0 aliphatic carbocycles. The number of imidazole rings is 1. The standard InChI is InChI=1S/C15H17N3O/c1-2-8-19-12-5-6-13-14(9-12)18-15(17-13)11-4-3-7-16-10-11/h1,5-6,9,11,16H,3-4,7-8,10H2,(H,17,18). The van der Waals surface area contributed by atoms with Crippen molar-refractivity contribution in [2.75, 3.05) is 19.7 Å². The second kappa shape index (κ2) is 5.33. The molecule has 1 fully saturated rings. The topological polar surface area (TPSA) is 49.9 Å². The second-order valence-electron chi connectivity index (χ2n) is 4.84. The van der Waals surface area contributed by atoms with Gasteiger partial charge in [-0.2, -0.15) is 0 Å². The molecule has 1 aromatic heterocycles. The monoisotopic (exact) mass is 255 g/mol. The van der Waals surface area contributed by atoms with Gasteiger partial charge in [0.2, 0.25) is 0 Å². The zero-order valence-corrected chi connectivity index (χ0v) is 10.8. The van der Waals surface area contributed by atoms with Gasteiger partial charge in [0, 0.05) is 18.5 Å². The number of piperidine rings is 1. The van der Waals surface area contributed by atoms with Gasteiger partial charge >= 0.3 is 0 Å². The lowest BCUT2D eigenvalue weighted by molar-refractivity contribution is 0.371. The lowest BCUT2D eigenvalue weighted by atomic mass is 9.99. The van der Waals surface area contributed by atoms with Crippen molar-refractivity contribution in [2.45, 2.75) is 18.8 Å². The summed E-state index contributed by atoms with van der Waals surface area (Å²) in [6.07, 6.45) is 7.58. The molecule has 2 N–H and O–H groups in total. The fourth-order valence-electron chi connectivity index (χ4n) is 2.50. The largest absolute Gasteiger partial charge is 0.481 e. The van der Waals surface area contributed by atoms with Gasteiger partial charge in [-0.1, -0.05) is 5.92 Å². The van der Waals surface area contributed by atoms with Crippen molar-refractivity contribution in [3.8, 4) is 18.1 Å². The molecule has 0 bridgehead atoms. The molecular weight excluding hydrogens is 238 g/mol. The maximum atomic E-state index is 5.42. The number of hydrogen-bond acceptors (Lipinski definition) is 3. The van der Waals surface area contributed by atoms with Gasteiger partial charge in [-0.05, 0) is 31.5 Å². The molecule has 19 heavy (non-hydrogen) atoms. The Balaban J connectivity index is 1.85. The van der Waals surface area contributed by atoms with Crippen LogP contribution in [0.15, 0.2) is 18.2 Å². The summed E-state index contributed by atoms with van der Waals surface area (Å²) in [5.41, 5.74) is 1.99. The normalized spacial score (nSPS) is 19.2. The molecular formula is C15H17N3O. The SMILES string of the molecule is C#CCOc1ccc2nc(C3CCCNC3)[nH]c2c1. The molecule has 1 aromatic carbocycles. The Morgan fingerprint density at radius 1 is 1.47 bits per heavy atom. The molecule has 0 spiro atoms. The summed E-state index contributed by atoms with van der Waals surface area (Å²) >= 11 is 0. The van der Waals surface area contributed by atoms with E-state index in [2.05, 4.69) is 21.2 Å². The van der Waals surface area contributed by atoms with E-state index in [0.717, 1.165) is 35.7 Å². The van der Waals surface area contributed by atoms with Crippen LogP contribution < -0.4 is 10.1 Å². The first kappa shape index (κ1) is 12.1. The van der Waals surface area contributed by atoms with E-state index >= 15 is 0 Å². The summed E-state index contributed by atoms with van der Waals surface area (Å²) in [7, 11) is 0. The fourth-order valence-corrected chi connectivity index (χ4v) is 2.50. The van der Waals surface area contributed by atoms with Crippen LogP contribution in [0, 0.1) is 12.3 Å². The number of nitrogens with one attached hydrogen (secondary N) is 2. The highest BCUT2D eigenvalue weighted by atomic mass is 16.5. The molecule has 1 aliphatic rings. The maximum Gasteiger partial charge on any atom is 0.148 e. The van der Waals surface area contributed by atoms with Crippen molar-refractivity contribution < 1.29 is 4.74 Å². The number of H-pyrrole nitrogens is 1. The first-order valence-corrected chi connectivity index (χ1v) is 6.63. The van der Waals surface area contributed by atoms with Gasteiger partial charge in [0.1, 0.15) is 18.2 Å². The van der Waals surface area contributed by atoms with Crippen LogP contribution in [0.4, 0.5) is 0 Å². The minimum Gasteiger partial charge on any atom is -0.481 e. The van der Waals surface area contributed by atoms with Crippen LogP contribution in [-0.4, -0.2) is 29.7 Å². The number of fused-ring (bicyclic) bond motifs is 1. The van der Waals surface area contributed by atoms with Crippen LogP contribution in [-0.2, 0) is 0 Å². The molecule has 0 amide bonds. The lowest BCUT2D eigenvalue weighted by Crippen LogP contribution is -2.28. The molecule has 98 valence electrons. The van der Waals surface area contributed by atoms with Gasteiger partial charge in [0.05, 0.1) is 11.0 Å². The quantitative estimate of drug-likeness (QED) is 0.825. The Hall–Kier alpha value is -1.99. The highest BCUT2D eigenvalue weighted by molar-refractivity contribution is 5.76. The van der Waals surface area contributed by atoms with Gasteiger partial charge in [-0.3, -0.25) is 0 Å². The molecule has 4 nitrogen and oxygen atoms in total.